The largest absolute Gasteiger partial charge is 0.369 e. The van der Waals surface area contributed by atoms with Crippen molar-refractivity contribution in [3.05, 3.63) is 65.5 Å². The van der Waals surface area contributed by atoms with Gasteiger partial charge in [0, 0.05) is 45.2 Å². The molecule has 0 N–H and O–H groups in total. The monoisotopic (exact) mass is 365 g/mol. The van der Waals surface area contributed by atoms with Gasteiger partial charge in [0.25, 0.3) is 5.91 Å². The fourth-order valence-electron chi connectivity index (χ4n) is 4.44. The van der Waals surface area contributed by atoms with Gasteiger partial charge in [-0.15, -0.1) is 0 Å². The SMILES string of the molecule is COC1C(=O)N(C2CCN(Cc3cccc(C)c3)CC2)C1c1ccncc1. The van der Waals surface area contributed by atoms with E-state index in [-0.39, 0.29) is 24.1 Å². The van der Waals surface area contributed by atoms with E-state index in [1.165, 1.54) is 11.1 Å². The number of hydrogen-bond acceptors (Lipinski definition) is 4. The lowest BCUT2D eigenvalue weighted by Gasteiger charge is -2.52. The van der Waals surface area contributed by atoms with E-state index in [1.807, 2.05) is 17.0 Å². The number of carbonyl (C=O) groups excluding carboxylic acids is 1. The Morgan fingerprint density at radius 1 is 1.15 bits per heavy atom. The molecule has 1 aromatic heterocycles. The predicted molar refractivity (Wildman–Crippen MR) is 104 cm³/mol. The van der Waals surface area contributed by atoms with Crippen molar-refractivity contribution in [3.8, 4) is 0 Å². The number of aryl methyl sites for hydroxylation is 1. The first kappa shape index (κ1) is 18.1. The van der Waals surface area contributed by atoms with Crippen LogP contribution in [0.3, 0.4) is 0 Å². The number of pyridine rings is 1. The standard InChI is InChI=1S/C22H27N3O2/c1-16-4-3-5-17(14-16)15-24-12-8-19(9-13-24)25-20(21(27-2)22(25)26)18-6-10-23-11-7-18/h3-7,10-11,14,19-21H,8-9,12-13,15H2,1-2H3. The van der Waals surface area contributed by atoms with E-state index in [0.717, 1.165) is 38.0 Å². The number of hydrogen-bond donors (Lipinski definition) is 0. The Labute approximate surface area is 161 Å². The normalized spacial score (nSPS) is 24.1. The summed E-state index contributed by atoms with van der Waals surface area (Å²) >= 11 is 0. The van der Waals surface area contributed by atoms with E-state index >= 15 is 0 Å². The maximum absolute atomic E-state index is 12.7. The average Bonchev–Trinajstić information content (AvgIpc) is 2.68. The third-order valence-corrected chi connectivity index (χ3v) is 5.83. The van der Waals surface area contributed by atoms with Crippen LogP contribution in [0.5, 0.6) is 0 Å². The molecule has 0 spiro atoms. The predicted octanol–water partition coefficient (Wildman–Crippen LogP) is 2.95. The van der Waals surface area contributed by atoms with E-state index < -0.39 is 0 Å². The zero-order valence-corrected chi connectivity index (χ0v) is 16.0. The first-order valence-electron chi connectivity index (χ1n) is 9.70. The molecule has 4 rings (SSSR count). The third kappa shape index (κ3) is 3.62. The highest BCUT2D eigenvalue weighted by molar-refractivity contribution is 5.89. The molecule has 2 fully saturated rings. The van der Waals surface area contributed by atoms with Crippen LogP contribution in [0.15, 0.2) is 48.8 Å². The summed E-state index contributed by atoms with van der Waals surface area (Å²) in [6.07, 6.45) is 5.23. The number of likely N-dealkylation sites (tertiary alicyclic amines) is 2. The van der Waals surface area contributed by atoms with Crippen molar-refractivity contribution in [2.75, 3.05) is 20.2 Å². The summed E-state index contributed by atoms with van der Waals surface area (Å²) in [6.45, 7) is 5.15. The maximum Gasteiger partial charge on any atom is 0.255 e. The first-order chi connectivity index (χ1) is 13.2. The summed E-state index contributed by atoms with van der Waals surface area (Å²) in [5, 5.41) is 0. The Balaban J connectivity index is 1.40. The number of ether oxygens (including phenoxy) is 1. The summed E-state index contributed by atoms with van der Waals surface area (Å²) in [4.78, 5) is 21.3. The van der Waals surface area contributed by atoms with Gasteiger partial charge in [0.15, 0.2) is 6.10 Å². The number of carbonyl (C=O) groups is 1. The molecule has 1 aromatic carbocycles. The zero-order valence-electron chi connectivity index (χ0n) is 16.0. The van der Waals surface area contributed by atoms with Gasteiger partial charge in [0.1, 0.15) is 0 Å². The quantitative estimate of drug-likeness (QED) is 0.765. The van der Waals surface area contributed by atoms with Gasteiger partial charge >= 0.3 is 0 Å². The maximum atomic E-state index is 12.7. The number of piperidine rings is 1. The number of amides is 1. The molecule has 2 aliphatic rings. The number of rotatable bonds is 5. The zero-order chi connectivity index (χ0) is 18.8. The Morgan fingerprint density at radius 2 is 1.89 bits per heavy atom. The minimum atomic E-state index is -0.363. The lowest BCUT2D eigenvalue weighted by Crippen LogP contribution is -2.64. The first-order valence-corrected chi connectivity index (χ1v) is 9.70. The molecule has 2 aromatic rings. The van der Waals surface area contributed by atoms with Crippen LogP contribution in [0.25, 0.3) is 0 Å². The second kappa shape index (κ2) is 7.79. The molecule has 3 heterocycles. The van der Waals surface area contributed by atoms with Gasteiger partial charge < -0.3 is 9.64 Å². The van der Waals surface area contributed by atoms with Crippen molar-refractivity contribution in [1.29, 1.82) is 0 Å². The molecular formula is C22H27N3O2. The Morgan fingerprint density at radius 3 is 2.56 bits per heavy atom. The molecular weight excluding hydrogens is 338 g/mol. The molecule has 2 unspecified atom stereocenters. The summed E-state index contributed by atoms with van der Waals surface area (Å²) in [6, 6.07) is 13.0. The average molecular weight is 365 g/mol. The number of aromatic nitrogens is 1. The molecule has 5 heteroatoms. The molecule has 2 aliphatic heterocycles. The molecule has 0 saturated carbocycles. The smallest absolute Gasteiger partial charge is 0.255 e. The number of β-lactam (4-membered cyclic amide) rings is 1. The van der Waals surface area contributed by atoms with Gasteiger partial charge in [-0.1, -0.05) is 29.8 Å². The van der Waals surface area contributed by atoms with Gasteiger partial charge in [-0.2, -0.15) is 0 Å². The molecule has 142 valence electrons. The molecule has 5 nitrogen and oxygen atoms in total. The second-order valence-corrected chi connectivity index (χ2v) is 7.62. The number of methoxy groups -OCH3 is 1. The highest BCUT2D eigenvalue weighted by atomic mass is 16.5. The molecule has 27 heavy (non-hydrogen) atoms. The minimum absolute atomic E-state index is 0.0128. The van der Waals surface area contributed by atoms with E-state index in [1.54, 1.807) is 19.5 Å². The van der Waals surface area contributed by atoms with Crippen LogP contribution in [-0.2, 0) is 16.1 Å². The Bertz CT molecular complexity index is 787. The summed E-state index contributed by atoms with van der Waals surface area (Å²) in [7, 11) is 1.62. The molecule has 2 saturated heterocycles. The molecule has 2 atom stereocenters. The molecule has 0 aliphatic carbocycles. The van der Waals surface area contributed by atoms with Crippen LogP contribution in [0.4, 0.5) is 0 Å². The lowest BCUT2D eigenvalue weighted by molar-refractivity contribution is -0.178. The highest BCUT2D eigenvalue weighted by Crippen LogP contribution is 2.40. The lowest BCUT2D eigenvalue weighted by atomic mass is 9.86. The van der Waals surface area contributed by atoms with E-state index in [0.29, 0.717) is 0 Å². The summed E-state index contributed by atoms with van der Waals surface area (Å²) in [5.74, 6) is 0.122. The van der Waals surface area contributed by atoms with Crippen LogP contribution in [0.2, 0.25) is 0 Å². The van der Waals surface area contributed by atoms with Crippen molar-refractivity contribution in [1.82, 2.24) is 14.8 Å². The van der Waals surface area contributed by atoms with Crippen molar-refractivity contribution < 1.29 is 9.53 Å². The van der Waals surface area contributed by atoms with Crippen LogP contribution >= 0.6 is 0 Å². The second-order valence-electron chi connectivity index (χ2n) is 7.62. The minimum Gasteiger partial charge on any atom is -0.369 e. The van der Waals surface area contributed by atoms with Crippen LogP contribution in [0.1, 0.15) is 35.6 Å². The Kier molecular flexibility index (Phi) is 5.23. The highest BCUT2D eigenvalue weighted by Gasteiger charge is 2.51. The van der Waals surface area contributed by atoms with E-state index in [9.17, 15) is 4.79 Å². The van der Waals surface area contributed by atoms with Crippen molar-refractivity contribution in [3.63, 3.8) is 0 Å². The molecule has 0 radical (unpaired) electrons. The molecule has 1 amide bonds. The van der Waals surface area contributed by atoms with Gasteiger partial charge in [-0.05, 0) is 43.0 Å². The Hall–Kier alpha value is -2.24. The number of nitrogens with zero attached hydrogens (tertiary/aromatic N) is 3. The van der Waals surface area contributed by atoms with Crippen molar-refractivity contribution >= 4 is 5.91 Å². The van der Waals surface area contributed by atoms with Gasteiger partial charge in [-0.3, -0.25) is 14.7 Å². The van der Waals surface area contributed by atoms with Crippen molar-refractivity contribution in [2.45, 2.75) is 44.5 Å². The topological polar surface area (TPSA) is 45.7 Å². The van der Waals surface area contributed by atoms with Crippen molar-refractivity contribution in [2.24, 2.45) is 0 Å². The summed E-state index contributed by atoms with van der Waals surface area (Å²) < 4.78 is 5.48. The van der Waals surface area contributed by atoms with Crippen LogP contribution < -0.4 is 0 Å². The van der Waals surface area contributed by atoms with E-state index in [4.69, 9.17) is 4.74 Å². The fourth-order valence-corrected chi connectivity index (χ4v) is 4.44. The molecule has 0 bridgehead atoms. The van der Waals surface area contributed by atoms with Gasteiger partial charge in [0.05, 0.1) is 6.04 Å². The summed E-state index contributed by atoms with van der Waals surface area (Å²) in [5.41, 5.74) is 3.78. The van der Waals surface area contributed by atoms with Crippen LogP contribution in [0, 0.1) is 6.92 Å². The third-order valence-electron chi connectivity index (χ3n) is 5.83. The fraction of sp³-hybridized carbons (Fsp3) is 0.455. The van der Waals surface area contributed by atoms with Gasteiger partial charge in [-0.25, -0.2) is 0 Å². The van der Waals surface area contributed by atoms with Gasteiger partial charge in [0.2, 0.25) is 0 Å². The van der Waals surface area contributed by atoms with Crippen LogP contribution in [-0.4, -0.2) is 53.0 Å². The number of benzene rings is 1. The van der Waals surface area contributed by atoms with E-state index in [2.05, 4.69) is 41.1 Å².